The van der Waals surface area contributed by atoms with E-state index in [1.165, 1.54) is 18.3 Å². The summed E-state index contributed by atoms with van der Waals surface area (Å²) in [6.45, 7) is 11.2. The molecule has 0 aliphatic carbocycles. The number of carbonyl (C=O) groups is 1. The number of carbonyl (C=O) groups excluding carboxylic acids is 1. The van der Waals surface area contributed by atoms with E-state index in [0.717, 1.165) is 35.3 Å². The van der Waals surface area contributed by atoms with E-state index < -0.39 is 15.9 Å². The first-order chi connectivity index (χ1) is 16.9. The molecule has 1 amide bonds. The second kappa shape index (κ2) is 9.54. The van der Waals surface area contributed by atoms with Crippen LogP contribution in [-0.4, -0.2) is 43.4 Å². The highest BCUT2D eigenvalue weighted by atomic mass is 32.2. The fourth-order valence-electron chi connectivity index (χ4n) is 4.98. The molecule has 0 unspecified atom stereocenters. The molecule has 190 valence electrons. The third-order valence-electron chi connectivity index (χ3n) is 6.64. The van der Waals surface area contributed by atoms with Crippen molar-refractivity contribution in [2.24, 2.45) is 5.92 Å². The third-order valence-corrected chi connectivity index (χ3v) is 8.00. The van der Waals surface area contributed by atoms with E-state index in [9.17, 15) is 13.2 Å². The Kier molecular flexibility index (Phi) is 6.79. The molecule has 4 rings (SSSR count). The Labute approximate surface area is 213 Å². The molecule has 0 spiro atoms. The van der Waals surface area contributed by atoms with E-state index in [1.54, 1.807) is 19.2 Å². The minimum absolute atomic E-state index is 0.0995. The largest absolute Gasteiger partial charge is 0.372 e. The summed E-state index contributed by atoms with van der Waals surface area (Å²) >= 11 is 0. The van der Waals surface area contributed by atoms with Crippen LogP contribution in [0.3, 0.4) is 0 Å². The fourth-order valence-corrected chi connectivity index (χ4v) is 6.11. The molecule has 8 nitrogen and oxygen atoms in total. The predicted octanol–water partition coefficient (Wildman–Crippen LogP) is 4.55. The molecule has 0 bridgehead atoms. The lowest BCUT2D eigenvalue weighted by Crippen LogP contribution is -2.41. The van der Waals surface area contributed by atoms with Crippen molar-refractivity contribution in [1.82, 2.24) is 14.7 Å². The first-order valence-electron chi connectivity index (χ1n) is 12.0. The summed E-state index contributed by atoms with van der Waals surface area (Å²) in [5.74, 6) is 0.317. The highest BCUT2D eigenvalue weighted by Crippen LogP contribution is 2.38. The minimum Gasteiger partial charge on any atom is -0.372 e. The number of sulfonamides is 1. The number of nitrogens with one attached hydrogen (secondary N) is 2. The van der Waals surface area contributed by atoms with Gasteiger partial charge >= 0.3 is 0 Å². The lowest BCUT2D eigenvalue weighted by atomic mass is 9.97. The number of anilines is 2. The average Bonchev–Trinajstić information content (AvgIpc) is 3.11. The summed E-state index contributed by atoms with van der Waals surface area (Å²) < 4.78 is 28.5. The maximum Gasteiger partial charge on any atom is 0.268 e. The van der Waals surface area contributed by atoms with Crippen molar-refractivity contribution in [2.75, 3.05) is 23.8 Å². The molecule has 1 aliphatic heterocycles. The highest BCUT2D eigenvalue weighted by Gasteiger charge is 2.39. The maximum atomic E-state index is 13.5. The number of nitrogens with zero attached hydrogens (tertiary/aromatic N) is 3. The second-order valence-electron chi connectivity index (χ2n) is 10.2. The molecular formula is C27H33N5O3S. The van der Waals surface area contributed by atoms with Gasteiger partial charge in [0.2, 0.25) is 0 Å². The van der Waals surface area contributed by atoms with E-state index >= 15 is 0 Å². The summed E-state index contributed by atoms with van der Waals surface area (Å²) in [6, 6.07) is 12.5. The Morgan fingerprint density at radius 1 is 1.14 bits per heavy atom. The van der Waals surface area contributed by atoms with Crippen LogP contribution in [0.15, 0.2) is 53.6 Å². The number of benzene rings is 1. The number of hydrogen-bond acceptors (Lipinski definition) is 7. The predicted molar refractivity (Wildman–Crippen MR) is 143 cm³/mol. The van der Waals surface area contributed by atoms with Gasteiger partial charge in [-0.05, 0) is 75.9 Å². The van der Waals surface area contributed by atoms with E-state index in [1.807, 2.05) is 19.9 Å². The Hall–Kier alpha value is -3.46. The van der Waals surface area contributed by atoms with E-state index in [0.29, 0.717) is 11.7 Å². The van der Waals surface area contributed by atoms with E-state index in [2.05, 4.69) is 52.8 Å². The molecule has 3 heterocycles. The van der Waals surface area contributed by atoms with Crippen molar-refractivity contribution in [3.63, 3.8) is 0 Å². The first kappa shape index (κ1) is 25.6. The van der Waals surface area contributed by atoms with E-state index in [-0.39, 0.29) is 21.8 Å². The van der Waals surface area contributed by atoms with Crippen LogP contribution in [-0.2, 0) is 10.0 Å². The Balaban J connectivity index is 1.81. The Bertz CT molecular complexity index is 1420. The van der Waals surface area contributed by atoms with Crippen molar-refractivity contribution in [1.29, 1.82) is 0 Å². The normalized spacial score (nSPS) is 17.2. The standard InChI is InChI=1S/C27H33N5O3S/c1-17-9-10-19(3)21(14-17)22-12-11-20(25(30-22)32-16-18(2)15-27(32,4)5)26(33)31-36(34,35)23-8-7-13-29-24(23)28-6/h7-14,18H,15-16H2,1-6H3,(H,28,29)(H,31,33)/t18-/m0/s1. The molecule has 0 saturated carbocycles. The zero-order chi connectivity index (χ0) is 26.3. The second-order valence-corrected chi connectivity index (χ2v) is 11.8. The van der Waals surface area contributed by atoms with Crippen molar-refractivity contribution in [3.8, 4) is 11.3 Å². The highest BCUT2D eigenvalue weighted by molar-refractivity contribution is 7.90. The average molecular weight is 508 g/mol. The monoisotopic (exact) mass is 507 g/mol. The number of hydrogen-bond donors (Lipinski definition) is 2. The molecule has 1 fully saturated rings. The lowest BCUT2D eigenvalue weighted by Gasteiger charge is -2.34. The summed E-state index contributed by atoms with van der Waals surface area (Å²) in [5, 5.41) is 2.76. The van der Waals surface area contributed by atoms with Crippen molar-refractivity contribution >= 4 is 27.6 Å². The molecule has 3 aromatic rings. The smallest absolute Gasteiger partial charge is 0.268 e. The molecule has 0 radical (unpaired) electrons. The van der Waals surface area contributed by atoms with Crippen molar-refractivity contribution in [3.05, 3.63) is 65.4 Å². The molecule has 1 atom stereocenters. The molecule has 1 aromatic carbocycles. The molecule has 9 heteroatoms. The van der Waals surface area contributed by atoms with Crippen LogP contribution in [0.4, 0.5) is 11.6 Å². The summed E-state index contributed by atoms with van der Waals surface area (Å²) in [6.07, 6.45) is 2.42. The Morgan fingerprint density at radius 2 is 1.89 bits per heavy atom. The quantitative estimate of drug-likeness (QED) is 0.505. The van der Waals surface area contributed by atoms with Gasteiger partial charge in [0.05, 0.1) is 11.3 Å². The van der Waals surface area contributed by atoms with Gasteiger partial charge in [-0.25, -0.2) is 23.1 Å². The van der Waals surface area contributed by atoms with Gasteiger partial charge in [-0.15, -0.1) is 0 Å². The number of aryl methyl sites for hydroxylation is 2. The Morgan fingerprint density at radius 3 is 2.56 bits per heavy atom. The van der Waals surface area contributed by atoms with Crippen LogP contribution in [0.1, 0.15) is 48.7 Å². The maximum absolute atomic E-state index is 13.5. The number of rotatable bonds is 6. The van der Waals surface area contributed by atoms with Crippen molar-refractivity contribution < 1.29 is 13.2 Å². The van der Waals surface area contributed by atoms with Crippen LogP contribution in [0.25, 0.3) is 11.3 Å². The van der Waals surface area contributed by atoms with Gasteiger partial charge in [0.1, 0.15) is 16.5 Å². The molecule has 1 aliphatic rings. The lowest BCUT2D eigenvalue weighted by molar-refractivity contribution is 0.0981. The van der Waals surface area contributed by atoms with Crippen LogP contribution in [0.5, 0.6) is 0 Å². The minimum atomic E-state index is -4.18. The number of aromatic nitrogens is 2. The van der Waals surface area contributed by atoms with Gasteiger partial charge in [0.15, 0.2) is 0 Å². The van der Waals surface area contributed by atoms with Crippen LogP contribution in [0.2, 0.25) is 0 Å². The molecule has 1 saturated heterocycles. The van der Waals surface area contributed by atoms with Gasteiger partial charge in [0.25, 0.3) is 15.9 Å². The van der Waals surface area contributed by atoms with Crippen LogP contribution < -0.4 is 14.9 Å². The van der Waals surface area contributed by atoms with Gasteiger partial charge in [0, 0.05) is 30.9 Å². The van der Waals surface area contributed by atoms with E-state index in [4.69, 9.17) is 4.98 Å². The topological polar surface area (TPSA) is 104 Å². The van der Waals surface area contributed by atoms with Crippen LogP contribution in [0, 0.1) is 19.8 Å². The SMILES string of the molecule is CNc1ncccc1S(=O)(=O)NC(=O)c1ccc(-c2cc(C)ccc2C)nc1N1C[C@@H](C)CC1(C)C. The number of amides is 1. The van der Waals surface area contributed by atoms with Gasteiger partial charge in [-0.2, -0.15) is 0 Å². The summed E-state index contributed by atoms with van der Waals surface area (Å²) in [4.78, 5) is 24.5. The zero-order valence-electron chi connectivity index (χ0n) is 21.6. The fraction of sp³-hybridized carbons (Fsp3) is 0.370. The molecular weight excluding hydrogens is 474 g/mol. The number of pyridine rings is 2. The van der Waals surface area contributed by atoms with Gasteiger partial charge in [-0.1, -0.05) is 24.6 Å². The van der Waals surface area contributed by atoms with Crippen LogP contribution >= 0.6 is 0 Å². The summed E-state index contributed by atoms with van der Waals surface area (Å²) in [5.41, 5.74) is 3.87. The zero-order valence-corrected chi connectivity index (χ0v) is 22.4. The van der Waals surface area contributed by atoms with Gasteiger partial charge < -0.3 is 10.2 Å². The summed E-state index contributed by atoms with van der Waals surface area (Å²) in [7, 11) is -2.60. The molecule has 2 N–H and O–H groups in total. The first-order valence-corrected chi connectivity index (χ1v) is 13.5. The third kappa shape index (κ3) is 4.93. The molecule has 36 heavy (non-hydrogen) atoms. The molecule has 2 aromatic heterocycles. The van der Waals surface area contributed by atoms with Gasteiger partial charge in [-0.3, -0.25) is 4.79 Å². The van der Waals surface area contributed by atoms with Crippen molar-refractivity contribution in [2.45, 2.75) is 51.5 Å².